The third kappa shape index (κ3) is 3.89. The molecule has 3 N–H and O–H groups in total. The maximum Gasteiger partial charge on any atom is 0.223 e. The standard InChI is InChI=1S/C13H12ClFN4O/c14-9-3-1-2-8(4-9)11(5-12(16)20)19-13-17-6-10(15)7-18-13/h1-4,6-7,11H,5H2,(H2,16,20)(H,17,18,19)/t11-/m1/s1. The first kappa shape index (κ1) is 14.2. The molecule has 20 heavy (non-hydrogen) atoms. The van der Waals surface area contributed by atoms with Crippen LogP contribution in [-0.2, 0) is 4.79 Å². The number of carbonyl (C=O) groups is 1. The Hall–Kier alpha value is -2.21. The van der Waals surface area contributed by atoms with E-state index in [1.807, 2.05) is 0 Å². The fourth-order valence-corrected chi connectivity index (χ4v) is 1.92. The van der Waals surface area contributed by atoms with E-state index in [4.69, 9.17) is 17.3 Å². The highest BCUT2D eigenvalue weighted by Crippen LogP contribution is 2.23. The summed E-state index contributed by atoms with van der Waals surface area (Å²) in [4.78, 5) is 18.7. The minimum atomic E-state index is -0.537. The fourth-order valence-electron chi connectivity index (χ4n) is 1.72. The van der Waals surface area contributed by atoms with E-state index in [0.717, 1.165) is 18.0 Å². The van der Waals surface area contributed by atoms with E-state index in [1.54, 1.807) is 24.3 Å². The summed E-state index contributed by atoms with van der Waals surface area (Å²) >= 11 is 5.92. The molecule has 2 aromatic rings. The number of nitrogens with one attached hydrogen (secondary N) is 1. The smallest absolute Gasteiger partial charge is 0.223 e. The van der Waals surface area contributed by atoms with Gasteiger partial charge < -0.3 is 11.1 Å². The number of carbonyl (C=O) groups excluding carboxylic acids is 1. The molecule has 1 aromatic heterocycles. The van der Waals surface area contributed by atoms with E-state index in [2.05, 4.69) is 15.3 Å². The van der Waals surface area contributed by atoms with Gasteiger partial charge in [0.15, 0.2) is 5.82 Å². The van der Waals surface area contributed by atoms with Crippen molar-refractivity contribution in [3.05, 3.63) is 53.1 Å². The van der Waals surface area contributed by atoms with E-state index >= 15 is 0 Å². The Bertz CT molecular complexity index is 606. The first-order valence-electron chi connectivity index (χ1n) is 5.82. The van der Waals surface area contributed by atoms with Crippen molar-refractivity contribution in [3.63, 3.8) is 0 Å². The average molecular weight is 295 g/mol. The Morgan fingerprint density at radius 2 is 2.10 bits per heavy atom. The molecule has 0 unspecified atom stereocenters. The zero-order valence-corrected chi connectivity index (χ0v) is 11.1. The number of hydrogen-bond acceptors (Lipinski definition) is 4. The van der Waals surface area contributed by atoms with Crippen molar-refractivity contribution in [1.29, 1.82) is 0 Å². The molecule has 0 bridgehead atoms. The van der Waals surface area contributed by atoms with Crippen LogP contribution in [0.4, 0.5) is 10.3 Å². The number of aromatic nitrogens is 2. The minimum Gasteiger partial charge on any atom is -0.370 e. The Balaban J connectivity index is 2.23. The molecule has 0 spiro atoms. The fraction of sp³-hybridized carbons (Fsp3) is 0.154. The molecule has 0 radical (unpaired) electrons. The molecule has 0 aliphatic heterocycles. The van der Waals surface area contributed by atoms with Gasteiger partial charge in [-0.3, -0.25) is 4.79 Å². The largest absolute Gasteiger partial charge is 0.370 e. The lowest BCUT2D eigenvalue weighted by molar-refractivity contribution is -0.118. The second kappa shape index (κ2) is 6.29. The van der Waals surface area contributed by atoms with Crippen LogP contribution in [0.15, 0.2) is 36.7 Å². The number of primary amides is 1. The van der Waals surface area contributed by atoms with Crippen LogP contribution in [0, 0.1) is 5.82 Å². The molecule has 104 valence electrons. The summed E-state index contributed by atoms with van der Waals surface area (Å²) in [6, 6.07) is 6.57. The van der Waals surface area contributed by atoms with Gasteiger partial charge in [0, 0.05) is 5.02 Å². The summed E-state index contributed by atoms with van der Waals surface area (Å²) in [6.07, 6.45) is 2.12. The molecule has 1 amide bonds. The van der Waals surface area contributed by atoms with Gasteiger partial charge in [0.05, 0.1) is 24.9 Å². The predicted octanol–water partition coefficient (Wildman–Crippen LogP) is 2.30. The van der Waals surface area contributed by atoms with Crippen LogP contribution >= 0.6 is 11.6 Å². The Morgan fingerprint density at radius 3 is 2.70 bits per heavy atom. The maximum absolute atomic E-state index is 12.8. The third-order valence-corrected chi connectivity index (χ3v) is 2.82. The quantitative estimate of drug-likeness (QED) is 0.886. The Morgan fingerprint density at radius 1 is 1.40 bits per heavy atom. The number of anilines is 1. The highest BCUT2D eigenvalue weighted by atomic mass is 35.5. The van der Waals surface area contributed by atoms with Crippen molar-refractivity contribution < 1.29 is 9.18 Å². The molecule has 1 atom stereocenters. The second-order valence-electron chi connectivity index (χ2n) is 4.15. The van der Waals surface area contributed by atoms with Crippen LogP contribution in [0.5, 0.6) is 0 Å². The molecule has 7 heteroatoms. The highest BCUT2D eigenvalue weighted by molar-refractivity contribution is 6.30. The van der Waals surface area contributed by atoms with Crippen molar-refractivity contribution in [1.82, 2.24) is 9.97 Å². The number of hydrogen-bond donors (Lipinski definition) is 2. The number of halogens is 2. The van der Waals surface area contributed by atoms with Gasteiger partial charge in [-0.25, -0.2) is 14.4 Å². The topological polar surface area (TPSA) is 80.9 Å². The molecule has 0 saturated heterocycles. The molecular formula is C13H12ClFN4O. The summed E-state index contributed by atoms with van der Waals surface area (Å²) in [5.74, 6) is -0.813. The molecule has 0 saturated carbocycles. The van der Waals surface area contributed by atoms with Gasteiger partial charge in [-0.2, -0.15) is 0 Å². The Labute approximate surface area is 120 Å². The van der Waals surface area contributed by atoms with Crippen molar-refractivity contribution in [2.24, 2.45) is 5.73 Å². The molecule has 0 aliphatic carbocycles. The summed E-state index contributed by atoms with van der Waals surface area (Å²) in [6.45, 7) is 0. The van der Waals surface area contributed by atoms with Crippen molar-refractivity contribution >= 4 is 23.5 Å². The van der Waals surface area contributed by atoms with Crippen molar-refractivity contribution in [3.8, 4) is 0 Å². The van der Waals surface area contributed by atoms with Gasteiger partial charge in [0.2, 0.25) is 11.9 Å². The van der Waals surface area contributed by atoms with Gasteiger partial charge in [0.1, 0.15) is 0 Å². The number of amides is 1. The Kier molecular flexibility index (Phi) is 4.47. The molecule has 0 aliphatic rings. The van der Waals surface area contributed by atoms with Crippen LogP contribution in [0.25, 0.3) is 0 Å². The lowest BCUT2D eigenvalue weighted by Gasteiger charge is -2.17. The average Bonchev–Trinajstić information content (AvgIpc) is 2.40. The molecule has 5 nitrogen and oxygen atoms in total. The van der Waals surface area contributed by atoms with Crippen LogP contribution in [0.3, 0.4) is 0 Å². The van der Waals surface area contributed by atoms with Crippen molar-refractivity contribution in [2.75, 3.05) is 5.32 Å². The first-order valence-corrected chi connectivity index (χ1v) is 6.20. The van der Waals surface area contributed by atoms with Gasteiger partial charge in [-0.05, 0) is 17.7 Å². The summed E-state index contributed by atoms with van der Waals surface area (Å²) in [5.41, 5.74) is 6.00. The van der Waals surface area contributed by atoms with Gasteiger partial charge in [0.25, 0.3) is 0 Å². The van der Waals surface area contributed by atoms with E-state index in [0.29, 0.717) is 5.02 Å². The SMILES string of the molecule is NC(=O)C[C@@H](Nc1ncc(F)cn1)c1cccc(Cl)c1. The summed E-state index contributed by atoms with van der Waals surface area (Å²) in [5, 5.41) is 3.47. The second-order valence-corrected chi connectivity index (χ2v) is 4.58. The zero-order valence-electron chi connectivity index (χ0n) is 10.4. The van der Waals surface area contributed by atoms with Gasteiger partial charge in [-0.15, -0.1) is 0 Å². The minimum absolute atomic E-state index is 0.0427. The van der Waals surface area contributed by atoms with E-state index in [-0.39, 0.29) is 12.4 Å². The normalized spacial score (nSPS) is 11.9. The van der Waals surface area contributed by atoms with Gasteiger partial charge in [-0.1, -0.05) is 23.7 Å². The lowest BCUT2D eigenvalue weighted by Crippen LogP contribution is -2.21. The zero-order chi connectivity index (χ0) is 14.5. The third-order valence-electron chi connectivity index (χ3n) is 2.58. The van der Waals surface area contributed by atoms with Crippen LogP contribution in [0.1, 0.15) is 18.0 Å². The number of benzene rings is 1. The number of rotatable bonds is 5. The van der Waals surface area contributed by atoms with E-state index < -0.39 is 17.8 Å². The molecular weight excluding hydrogens is 283 g/mol. The van der Waals surface area contributed by atoms with Gasteiger partial charge >= 0.3 is 0 Å². The maximum atomic E-state index is 12.8. The highest BCUT2D eigenvalue weighted by Gasteiger charge is 2.16. The molecule has 1 aromatic carbocycles. The summed E-state index contributed by atoms with van der Waals surface area (Å²) in [7, 11) is 0. The molecule has 1 heterocycles. The van der Waals surface area contributed by atoms with Crippen LogP contribution in [-0.4, -0.2) is 15.9 Å². The summed E-state index contributed by atoms with van der Waals surface area (Å²) < 4.78 is 12.8. The number of nitrogens with zero attached hydrogens (tertiary/aromatic N) is 2. The molecule has 0 fully saturated rings. The molecule has 2 rings (SSSR count). The number of nitrogens with two attached hydrogens (primary N) is 1. The van der Waals surface area contributed by atoms with E-state index in [9.17, 15) is 9.18 Å². The van der Waals surface area contributed by atoms with Crippen LogP contribution in [0.2, 0.25) is 5.02 Å². The lowest BCUT2D eigenvalue weighted by atomic mass is 10.0. The van der Waals surface area contributed by atoms with Crippen molar-refractivity contribution in [2.45, 2.75) is 12.5 Å². The van der Waals surface area contributed by atoms with Crippen LogP contribution < -0.4 is 11.1 Å². The van der Waals surface area contributed by atoms with E-state index in [1.165, 1.54) is 0 Å². The first-order chi connectivity index (χ1) is 9.54. The predicted molar refractivity (Wildman–Crippen MR) is 73.6 cm³/mol. The monoisotopic (exact) mass is 294 g/mol.